The van der Waals surface area contributed by atoms with E-state index in [2.05, 4.69) is 41.7 Å². The van der Waals surface area contributed by atoms with Gasteiger partial charge in [0.15, 0.2) is 0 Å². The fourth-order valence-electron chi connectivity index (χ4n) is 2.45. The van der Waals surface area contributed by atoms with E-state index in [4.69, 9.17) is 0 Å². The van der Waals surface area contributed by atoms with Crippen molar-refractivity contribution in [1.29, 1.82) is 0 Å². The van der Waals surface area contributed by atoms with E-state index in [-0.39, 0.29) is 5.97 Å². The fourth-order valence-corrected chi connectivity index (χ4v) is 2.45. The summed E-state index contributed by atoms with van der Waals surface area (Å²) in [5, 5.41) is 0. The molecular formula is C21H22O2. The molecule has 2 heteroatoms. The number of unbranched alkanes of at least 4 members (excludes halogenated alkanes) is 1. The van der Waals surface area contributed by atoms with Crippen molar-refractivity contribution in [3.05, 3.63) is 90.0 Å². The molecule has 0 spiro atoms. The van der Waals surface area contributed by atoms with Crippen molar-refractivity contribution in [1.82, 2.24) is 0 Å². The molecule has 0 amide bonds. The standard InChI is InChI=1S/C21H22O2/c1-17(21(22)23-2)11-9-10-16-20(18-12-5-3-6-13-18)19-14-7-4-8-15-19/h3-8,12-16H,1,9-11H2,2H3. The molecule has 0 N–H and O–H groups in total. The second kappa shape index (κ2) is 8.74. The van der Waals surface area contributed by atoms with E-state index in [1.807, 2.05) is 36.4 Å². The van der Waals surface area contributed by atoms with Crippen LogP contribution in [0, 0.1) is 0 Å². The van der Waals surface area contributed by atoms with Crippen molar-refractivity contribution >= 4 is 11.5 Å². The predicted molar refractivity (Wildman–Crippen MR) is 95.0 cm³/mol. The van der Waals surface area contributed by atoms with Crippen molar-refractivity contribution in [2.75, 3.05) is 7.11 Å². The van der Waals surface area contributed by atoms with Crippen LogP contribution < -0.4 is 0 Å². The summed E-state index contributed by atoms with van der Waals surface area (Å²) in [5.41, 5.74) is 4.15. The third kappa shape index (κ3) is 4.96. The summed E-state index contributed by atoms with van der Waals surface area (Å²) in [7, 11) is 1.39. The van der Waals surface area contributed by atoms with Crippen molar-refractivity contribution in [2.24, 2.45) is 0 Å². The van der Waals surface area contributed by atoms with Crippen molar-refractivity contribution in [3.8, 4) is 0 Å². The molecule has 0 saturated heterocycles. The zero-order chi connectivity index (χ0) is 16.5. The number of allylic oxidation sites excluding steroid dienone is 1. The molecule has 2 aromatic carbocycles. The lowest BCUT2D eigenvalue weighted by molar-refractivity contribution is -0.136. The van der Waals surface area contributed by atoms with Gasteiger partial charge in [-0.2, -0.15) is 0 Å². The normalized spacial score (nSPS) is 9.96. The lowest BCUT2D eigenvalue weighted by Gasteiger charge is -2.09. The number of benzene rings is 2. The first-order valence-electron chi connectivity index (χ1n) is 7.79. The molecule has 0 aromatic heterocycles. The lowest BCUT2D eigenvalue weighted by Crippen LogP contribution is -2.03. The molecule has 0 saturated carbocycles. The first-order valence-corrected chi connectivity index (χ1v) is 7.79. The Morgan fingerprint density at radius 1 is 1.00 bits per heavy atom. The van der Waals surface area contributed by atoms with Gasteiger partial charge in [-0.05, 0) is 36.0 Å². The molecule has 2 nitrogen and oxygen atoms in total. The monoisotopic (exact) mass is 306 g/mol. The van der Waals surface area contributed by atoms with Crippen LogP contribution in [0.1, 0.15) is 30.4 Å². The van der Waals surface area contributed by atoms with Crippen molar-refractivity contribution < 1.29 is 9.53 Å². The number of hydrogen-bond donors (Lipinski definition) is 0. The largest absolute Gasteiger partial charge is 0.466 e. The number of carbonyl (C=O) groups is 1. The lowest BCUT2D eigenvalue weighted by atomic mass is 9.96. The molecule has 0 aliphatic rings. The Kier molecular flexibility index (Phi) is 6.37. The van der Waals surface area contributed by atoms with Crippen molar-refractivity contribution in [2.45, 2.75) is 19.3 Å². The summed E-state index contributed by atoms with van der Waals surface area (Å²) in [6, 6.07) is 20.7. The Bertz CT molecular complexity index is 628. The second-order valence-electron chi connectivity index (χ2n) is 5.34. The van der Waals surface area contributed by atoms with Crippen LogP contribution in [0.25, 0.3) is 5.57 Å². The minimum atomic E-state index is -0.319. The van der Waals surface area contributed by atoms with Gasteiger partial charge in [0, 0.05) is 5.57 Å². The van der Waals surface area contributed by atoms with Crippen LogP contribution in [-0.4, -0.2) is 13.1 Å². The molecule has 118 valence electrons. The summed E-state index contributed by atoms with van der Waals surface area (Å²) >= 11 is 0. The summed E-state index contributed by atoms with van der Waals surface area (Å²) < 4.78 is 4.67. The van der Waals surface area contributed by atoms with Crippen LogP contribution in [0.3, 0.4) is 0 Å². The molecule has 0 bridgehead atoms. The second-order valence-corrected chi connectivity index (χ2v) is 5.34. The zero-order valence-corrected chi connectivity index (χ0v) is 13.5. The Morgan fingerprint density at radius 3 is 2.00 bits per heavy atom. The quantitative estimate of drug-likeness (QED) is 0.408. The molecule has 0 unspecified atom stereocenters. The highest BCUT2D eigenvalue weighted by Crippen LogP contribution is 2.24. The summed E-state index contributed by atoms with van der Waals surface area (Å²) in [6.45, 7) is 3.76. The van der Waals surface area contributed by atoms with Crippen molar-refractivity contribution in [3.63, 3.8) is 0 Å². The Balaban J connectivity index is 2.09. The van der Waals surface area contributed by atoms with E-state index >= 15 is 0 Å². The van der Waals surface area contributed by atoms with Gasteiger partial charge in [-0.3, -0.25) is 0 Å². The van der Waals surface area contributed by atoms with E-state index in [1.165, 1.54) is 23.8 Å². The summed E-state index contributed by atoms with van der Waals surface area (Å²) in [6.07, 6.45) is 4.64. The third-order valence-corrected chi connectivity index (χ3v) is 3.67. The molecular weight excluding hydrogens is 284 g/mol. The van der Waals surface area contributed by atoms with Gasteiger partial charge < -0.3 is 4.74 Å². The van der Waals surface area contributed by atoms with E-state index in [1.54, 1.807) is 0 Å². The van der Waals surface area contributed by atoms with Crippen LogP contribution in [0.2, 0.25) is 0 Å². The molecule has 23 heavy (non-hydrogen) atoms. The number of hydrogen-bond acceptors (Lipinski definition) is 2. The average molecular weight is 306 g/mol. The molecule has 0 radical (unpaired) electrons. The minimum absolute atomic E-state index is 0.319. The average Bonchev–Trinajstić information content (AvgIpc) is 2.62. The van der Waals surface area contributed by atoms with E-state index < -0.39 is 0 Å². The van der Waals surface area contributed by atoms with Crippen LogP contribution >= 0.6 is 0 Å². The minimum Gasteiger partial charge on any atom is -0.466 e. The summed E-state index contributed by atoms with van der Waals surface area (Å²) in [5.74, 6) is -0.319. The zero-order valence-electron chi connectivity index (χ0n) is 13.5. The van der Waals surface area contributed by atoms with Gasteiger partial charge in [0.05, 0.1) is 7.11 Å². The highest BCUT2D eigenvalue weighted by atomic mass is 16.5. The van der Waals surface area contributed by atoms with E-state index in [9.17, 15) is 4.79 Å². The van der Waals surface area contributed by atoms with Gasteiger partial charge in [-0.15, -0.1) is 0 Å². The smallest absolute Gasteiger partial charge is 0.333 e. The Morgan fingerprint density at radius 2 is 1.52 bits per heavy atom. The van der Waals surface area contributed by atoms with Crippen LogP contribution in [0.4, 0.5) is 0 Å². The maximum Gasteiger partial charge on any atom is 0.333 e. The SMILES string of the molecule is C=C(CCCC=C(c1ccccc1)c1ccccc1)C(=O)OC. The third-order valence-electron chi connectivity index (χ3n) is 3.67. The molecule has 0 heterocycles. The van der Waals surface area contributed by atoms with Gasteiger partial charge >= 0.3 is 5.97 Å². The van der Waals surface area contributed by atoms with E-state index in [0.29, 0.717) is 12.0 Å². The first kappa shape index (κ1) is 16.8. The van der Waals surface area contributed by atoms with Gasteiger partial charge in [-0.25, -0.2) is 4.79 Å². The van der Waals surface area contributed by atoms with E-state index in [0.717, 1.165) is 12.8 Å². The fraction of sp³-hybridized carbons (Fsp3) is 0.190. The maximum atomic E-state index is 11.3. The van der Waals surface area contributed by atoms with Crippen LogP contribution in [0.5, 0.6) is 0 Å². The van der Waals surface area contributed by atoms with Crippen LogP contribution in [-0.2, 0) is 9.53 Å². The molecule has 0 fully saturated rings. The number of ether oxygens (including phenoxy) is 1. The van der Waals surface area contributed by atoms with Crippen LogP contribution in [0.15, 0.2) is 78.9 Å². The predicted octanol–water partition coefficient (Wildman–Crippen LogP) is 5.02. The number of esters is 1. The molecule has 0 aliphatic heterocycles. The van der Waals surface area contributed by atoms with Gasteiger partial charge in [0.25, 0.3) is 0 Å². The topological polar surface area (TPSA) is 26.3 Å². The molecule has 2 rings (SSSR count). The molecule has 2 aromatic rings. The molecule has 0 atom stereocenters. The summed E-state index contributed by atoms with van der Waals surface area (Å²) in [4.78, 5) is 11.3. The Labute approximate surface area is 138 Å². The maximum absolute atomic E-state index is 11.3. The highest BCUT2D eigenvalue weighted by molar-refractivity contribution is 5.87. The number of methoxy groups -OCH3 is 1. The highest BCUT2D eigenvalue weighted by Gasteiger charge is 2.06. The Hall–Kier alpha value is -2.61. The van der Waals surface area contributed by atoms with Gasteiger partial charge in [0.1, 0.15) is 0 Å². The number of carbonyl (C=O) groups excluding carboxylic acids is 1. The molecule has 0 aliphatic carbocycles. The number of rotatable bonds is 7. The van der Waals surface area contributed by atoms with Gasteiger partial charge in [0.2, 0.25) is 0 Å². The van der Waals surface area contributed by atoms with Gasteiger partial charge in [-0.1, -0.05) is 73.3 Å². The first-order chi connectivity index (χ1) is 11.2.